The first-order chi connectivity index (χ1) is 8.20. The van der Waals surface area contributed by atoms with Gasteiger partial charge in [0.2, 0.25) is 0 Å². The monoisotopic (exact) mass is 241 g/mol. The third kappa shape index (κ3) is 3.43. The molecule has 5 unspecified atom stereocenters. The van der Waals surface area contributed by atoms with Crippen molar-refractivity contribution in [1.82, 2.24) is 5.32 Å². The highest BCUT2D eigenvalue weighted by Crippen LogP contribution is 2.49. The standard InChI is InChI=1S/C14H27NO2/c1-3-17-9-13(16)8-15-10(2)14-7-11-4-5-12(14)6-11/h10-16H,3-9H2,1-2H3. The zero-order valence-electron chi connectivity index (χ0n) is 11.2. The molecular weight excluding hydrogens is 214 g/mol. The second-order valence-electron chi connectivity index (χ2n) is 5.85. The van der Waals surface area contributed by atoms with Crippen molar-refractivity contribution in [2.75, 3.05) is 19.8 Å². The summed E-state index contributed by atoms with van der Waals surface area (Å²) in [5.41, 5.74) is 0. The van der Waals surface area contributed by atoms with E-state index in [0.717, 1.165) is 17.8 Å². The highest BCUT2D eigenvalue weighted by atomic mass is 16.5. The van der Waals surface area contributed by atoms with Gasteiger partial charge in [0.1, 0.15) is 0 Å². The average Bonchev–Trinajstić information content (AvgIpc) is 2.95. The Morgan fingerprint density at radius 2 is 2.18 bits per heavy atom. The minimum Gasteiger partial charge on any atom is -0.389 e. The highest BCUT2D eigenvalue weighted by Gasteiger charge is 2.41. The van der Waals surface area contributed by atoms with Crippen molar-refractivity contribution in [3.63, 3.8) is 0 Å². The molecule has 2 bridgehead atoms. The van der Waals surface area contributed by atoms with E-state index in [-0.39, 0.29) is 6.10 Å². The van der Waals surface area contributed by atoms with E-state index in [1.165, 1.54) is 25.7 Å². The van der Waals surface area contributed by atoms with Gasteiger partial charge in [-0.15, -0.1) is 0 Å². The van der Waals surface area contributed by atoms with Crippen LogP contribution in [0.1, 0.15) is 39.5 Å². The first-order valence-corrected chi connectivity index (χ1v) is 7.19. The third-order valence-electron chi connectivity index (χ3n) is 4.62. The smallest absolute Gasteiger partial charge is 0.0897 e. The molecule has 0 saturated heterocycles. The molecule has 2 N–H and O–H groups in total. The average molecular weight is 241 g/mol. The van der Waals surface area contributed by atoms with Gasteiger partial charge < -0.3 is 15.2 Å². The van der Waals surface area contributed by atoms with Gasteiger partial charge in [-0.3, -0.25) is 0 Å². The second kappa shape index (κ2) is 6.17. The Bertz CT molecular complexity index is 234. The SMILES string of the molecule is CCOCC(O)CNC(C)C1CC2CCC1C2. The Kier molecular flexibility index (Phi) is 4.83. The normalized spacial score (nSPS) is 35.1. The van der Waals surface area contributed by atoms with E-state index >= 15 is 0 Å². The number of aliphatic hydroxyl groups excluding tert-OH is 1. The summed E-state index contributed by atoms with van der Waals surface area (Å²) < 4.78 is 5.21. The number of hydrogen-bond acceptors (Lipinski definition) is 3. The number of fused-ring (bicyclic) bond motifs is 2. The van der Waals surface area contributed by atoms with Crippen LogP contribution in [-0.4, -0.2) is 37.0 Å². The van der Waals surface area contributed by atoms with E-state index in [4.69, 9.17) is 4.74 Å². The van der Waals surface area contributed by atoms with Crippen molar-refractivity contribution in [2.45, 2.75) is 51.7 Å². The topological polar surface area (TPSA) is 41.5 Å². The molecule has 0 aromatic heterocycles. The maximum absolute atomic E-state index is 9.72. The molecule has 100 valence electrons. The molecule has 0 amide bonds. The van der Waals surface area contributed by atoms with Gasteiger partial charge in [-0.05, 0) is 50.9 Å². The summed E-state index contributed by atoms with van der Waals surface area (Å²) in [6.07, 6.45) is 5.39. The van der Waals surface area contributed by atoms with Crippen molar-refractivity contribution in [2.24, 2.45) is 17.8 Å². The van der Waals surface area contributed by atoms with Gasteiger partial charge in [0.05, 0.1) is 12.7 Å². The molecule has 0 aromatic rings. The largest absolute Gasteiger partial charge is 0.389 e. The highest BCUT2D eigenvalue weighted by molar-refractivity contribution is 4.94. The third-order valence-corrected chi connectivity index (χ3v) is 4.62. The van der Waals surface area contributed by atoms with Crippen LogP contribution in [0, 0.1) is 17.8 Å². The number of rotatable bonds is 7. The van der Waals surface area contributed by atoms with E-state index in [1.54, 1.807) is 0 Å². The lowest BCUT2D eigenvalue weighted by atomic mass is 9.84. The molecule has 2 aliphatic rings. The zero-order valence-corrected chi connectivity index (χ0v) is 11.2. The van der Waals surface area contributed by atoms with E-state index in [1.807, 2.05) is 6.92 Å². The van der Waals surface area contributed by atoms with Crippen LogP contribution in [0.15, 0.2) is 0 Å². The molecule has 0 aliphatic heterocycles. The van der Waals surface area contributed by atoms with Gasteiger partial charge >= 0.3 is 0 Å². The molecule has 0 radical (unpaired) electrons. The van der Waals surface area contributed by atoms with Crippen LogP contribution in [-0.2, 0) is 4.74 Å². The number of ether oxygens (including phenoxy) is 1. The molecule has 3 nitrogen and oxygen atoms in total. The van der Waals surface area contributed by atoms with Crippen LogP contribution in [0.25, 0.3) is 0 Å². The van der Waals surface area contributed by atoms with Crippen molar-refractivity contribution in [3.05, 3.63) is 0 Å². The van der Waals surface area contributed by atoms with E-state index in [2.05, 4.69) is 12.2 Å². The number of hydrogen-bond donors (Lipinski definition) is 2. The predicted octanol–water partition coefficient (Wildman–Crippen LogP) is 1.80. The zero-order chi connectivity index (χ0) is 12.3. The summed E-state index contributed by atoms with van der Waals surface area (Å²) in [5.74, 6) is 2.79. The lowest BCUT2D eigenvalue weighted by Gasteiger charge is -2.29. The van der Waals surface area contributed by atoms with Crippen LogP contribution < -0.4 is 5.32 Å². The van der Waals surface area contributed by atoms with E-state index in [9.17, 15) is 5.11 Å². The molecule has 2 aliphatic carbocycles. The van der Waals surface area contributed by atoms with Crippen LogP contribution >= 0.6 is 0 Å². The van der Waals surface area contributed by atoms with E-state index in [0.29, 0.717) is 25.8 Å². The van der Waals surface area contributed by atoms with E-state index < -0.39 is 0 Å². The van der Waals surface area contributed by atoms with Crippen molar-refractivity contribution >= 4 is 0 Å². The number of aliphatic hydroxyl groups is 1. The van der Waals surface area contributed by atoms with Gasteiger partial charge in [-0.2, -0.15) is 0 Å². The summed E-state index contributed by atoms with van der Waals surface area (Å²) in [5, 5.41) is 13.2. The first-order valence-electron chi connectivity index (χ1n) is 7.19. The maximum Gasteiger partial charge on any atom is 0.0897 e. The summed E-state index contributed by atoms with van der Waals surface area (Å²) >= 11 is 0. The molecule has 17 heavy (non-hydrogen) atoms. The fraction of sp³-hybridized carbons (Fsp3) is 1.00. The molecule has 5 atom stereocenters. The fourth-order valence-corrected chi connectivity index (χ4v) is 3.69. The van der Waals surface area contributed by atoms with Crippen molar-refractivity contribution in [1.29, 1.82) is 0 Å². The summed E-state index contributed by atoms with van der Waals surface area (Å²) in [6, 6.07) is 0.543. The van der Waals surface area contributed by atoms with Crippen LogP contribution in [0.3, 0.4) is 0 Å². The van der Waals surface area contributed by atoms with Gasteiger partial charge in [0.25, 0.3) is 0 Å². The lowest BCUT2D eigenvalue weighted by molar-refractivity contribution is 0.0398. The molecule has 0 aromatic carbocycles. The minimum atomic E-state index is -0.365. The lowest BCUT2D eigenvalue weighted by Crippen LogP contribution is -2.41. The Hall–Kier alpha value is -0.120. The molecule has 0 heterocycles. The molecule has 2 fully saturated rings. The number of nitrogens with one attached hydrogen (secondary N) is 1. The van der Waals surface area contributed by atoms with Gasteiger partial charge in [0.15, 0.2) is 0 Å². The fourth-order valence-electron chi connectivity index (χ4n) is 3.69. The van der Waals surface area contributed by atoms with Gasteiger partial charge in [0, 0.05) is 19.2 Å². The summed E-state index contributed by atoms with van der Waals surface area (Å²) in [6.45, 7) is 6.03. The van der Waals surface area contributed by atoms with Crippen LogP contribution in [0.5, 0.6) is 0 Å². The van der Waals surface area contributed by atoms with Crippen molar-refractivity contribution in [3.8, 4) is 0 Å². The van der Waals surface area contributed by atoms with Gasteiger partial charge in [-0.1, -0.05) is 6.42 Å². The minimum absolute atomic E-state index is 0.365. The summed E-state index contributed by atoms with van der Waals surface area (Å²) in [4.78, 5) is 0. The Morgan fingerprint density at radius 3 is 2.76 bits per heavy atom. The molecule has 2 rings (SSSR count). The molecule has 3 heteroatoms. The van der Waals surface area contributed by atoms with Gasteiger partial charge in [-0.25, -0.2) is 0 Å². The van der Waals surface area contributed by atoms with Crippen molar-refractivity contribution < 1.29 is 9.84 Å². The molecule has 2 saturated carbocycles. The Balaban J connectivity index is 1.65. The predicted molar refractivity (Wildman–Crippen MR) is 68.9 cm³/mol. The Labute approximate surface area is 105 Å². The maximum atomic E-state index is 9.72. The van der Waals surface area contributed by atoms with Crippen LogP contribution in [0.4, 0.5) is 0 Å². The quantitative estimate of drug-likeness (QED) is 0.714. The summed E-state index contributed by atoms with van der Waals surface area (Å²) in [7, 11) is 0. The van der Waals surface area contributed by atoms with Crippen LogP contribution in [0.2, 0.25) is 0 Å². The first kappa shape index (κ1) is 13.3. The Morgan fingerprint density at radius 1 is 1.35 bits per heavy atom. The molecule has 0 spiro atoms. The molecular formula is C14H27NO2. The second-order valence-corrected chi connectivity index (χ2v) is 5.85.